The molecule has 0 radical (unpaired) electrons. The molecule has 9 nitrogen and oxygen atoms in total. The van der Waals surface area contributed by atoms with Gasteiger partial charge in [-0.05, 0) is 117 Å². The van der Waals surface area contributed by atoms with Crippen molar-refractivity contribution in [3.8, 4) is 16.9 Å². The van der Waals surface area contributed by atoms with Gasteiger partial charge in [0.15, 0.2) is 0 Å². The summed E-state index contributed by atoms with van der Waals surface area (Å²) in [5, 5.41) is 23.6. The first kappa shape index (κ1) is 36.6. The Morgan fingerprint density at radius 1 is 1.02 bits per heavy atom. The van der Waals surface area contributed by atoms with Gasteiger partial charge in [0.1, 0.15) is 17.3 Å². The maximum atomic E-state index is 14.4. The number of hydrogen-bond donors (Lipinski definition) is 1. The molecule has 1 saturated heterocycles. The van der Waals surface area contributed by atoms with Gasteiger partial charge in [0.25, 0.3) is 0 Å². The van der Waals surface area contributed by atoms with E-state index in [9.17, 15) is 14.3 Å². The van der Waals surface area contributed by atoms with Crippen molar-refractivity contribution in [3.63, 3.8) is 0 Å². The van der Waals surface area contributed by atoms with Gasteiger partial charge in [-0.3, -0.25) is 9.36 Å². The summed E-state index contributed by atoms with van der Waals surface area (Å²) in [6, 6.07) is 14.8. The van der Waals surface area contributed by atoms with E-state index in [1.807, 2.05) is 54.4 Å². The minimum atomic E-state index is -0.990. The lowest BCUT2D eigenvalue weighted by atomic mass is 9.96. The Morgan fingerprint density at radius 2 is 1.85 bits per heavy atom. The fourth-order valence-corrected chi connectivity index (χ4v) is 9.62. The van der Waals surface area contributed by atoms with Gasteiger partial charge in [0, 0.05) is 83.0 Å². The summed E-state index contributed by atoms with van der Waals surface area (Å²) >= 11 is 8.95. The van der Waals surface area contributed by atoms with E-state index in [-0.39, 0.29) is 11.5 Å². The normalized spacial score (nSPS) is 16.0. The number of aromatic nitrogens is 5. The van der Waals surface area contributed by atoms with Crippen molar-refractivity contribution in [1.29, 1.82) is 0 Å². The van der Waals surface area contributed by atoms with Crippen molar-refractivity contribution in [1.82, 2.24) is 24.1 Å². The molecule has 12 heteroatoms. The third-order valence-corrected chi connectivity index (χ3v) is 12.4. The number of hydrogen-bond acceptors (Lipinski definition) is 6. The average Bonchev–Trinajstić information content (AvgIpc) is 3.77. The van der Waals surface area contributed by atoms with Crippen LogP contribution in [0.4, 0.5) is 4.39 Å². The maximum absolute atomic E-state index is 14.4. The fraction of sp³-hybridized carbons (Fsp3) is 0.405. The molecule has 1 fully saturated rings. The van der Waals surface area contributed by atoms with E-state index >= 15 is 0 Å². The van der Waals surface area contributed by atoms with Crippen LogP contribution in [0.5, 0.6) is 5.75 Å². The van der Waals surface area contributed by atoms with Gasteiger partial charge < -0.3 is 19.1 Å². The SMILES string of the molecule is Cc1nn(CCC2CCOCC2)c2c1-c1c(Cl)ccc3c1c(C)c(C(=O)O)n3CCCOc1cc(cc3cc(F)ccc13)CCc1cc(nn1C)CSC2. The third-order valence-electron chi connectivity index (χ3n) is 11.1. The lowest BCUT2D eigenvalue weighted by molar-refractivity contribution is 0.0622. The zero-order chi connectivity index (χ0) is 37.5. The number of benzene rings is 3. The van der Waals surface area contributed by atoms with E-state index in [2.05, 4.69) is 10.7 Å². The molecule has 282 valence electrons. The Bertz CT molecular complexity index is 2380. The number of rotatable bonds is 4. The van der Waals surface area contributed by atoms with Crippen LogP contribution in [-0.2, 0) is 49.2 Å². The number of halogens is 2. The summed E-state index contributed by atoms with van der Waals surface area (Å²) in [5.74, 6) is 1.38. The van der Waals surface area contributed by atoms with E-state index in [0.29, 0.717) is 53.3 Å². The maximum Gasteiger partial charge on any atom is 0.352 e. The van der Waals surface area contributed by atoms with Crippen LogP contribution < -0.4 is 4.74 Å². The average molecular weight is 770 g/mol. The Labute approximate surface area is 323 Å². The molecular formula is C42H45ClFN5O4S. The summed E-state index contributed by atoms with van der Waals surface area (Å²) < 4.78 is 32.5. The lowest BCUT2D eigenvalue weighted by Crippen LogP contribution is -2.18. The summed E-state index contributed by atoms with van der Waals surface area (Å²) in [7, 11) is 1.99. The highest BCUT2D eigenvalue weighted by atomic mass is 35.5. The van der Waals surface area contributed by atoms with E-state index in [1.54, 1.807) is 23.9 Å². The molecule has 0 aliphatic carbocycles. The summed E-state index contributed by atoms with van der Waals surface area (Å²) in [6.07, 6.45) is 5.18. The Kier molecular flexibility index (Phi) is 10.5. The quantitative estimate of drug-likeness (QED) is 0.191. The number of fused-ring (bicyclic) bond motifs is 8. The van der Waals surface area contributed by atoms with Gasteiger partial charge in [0.2, 0.25) is 0 Å². The van der Waals surface area contributed by atoms with Gasteiger partial charge >= 0.3 is 5.97 Å². The number of aromatic carboxylic acids is 1. The van der Waals surface area contributed by atoms with Crippen LogP contribution in [0.1, 0.15) is 70.1 Å². The second-order valence-electron chi connectivity index (χ2n) is 14.6. The first-order valence-corrected chi connectivity index (χ1v) is 20.3. The molecule has 8 bridgehead atoms. The Balaban J connectivity index is 1.23. The van der Waals surface area contributed by atoms with Gasteiger partial charge in [0.05, 0.1) is 23.7 Å². The van der Waals surface area contributed by atoms with Gasteiger partial charge in [-0.15, -0.1) is 11.8 Å². The third kappa shape index (κ3) is 7.13. The highest BCUT2D eigenvalue weighted by Gasteiger charge is 2.28. The molecule has 0 saturated carbocycles. The highest BCUT2D eigenvalue weighted by molar-refractivity contribution is 7.97. The van der Waals surface area contributed by atoms with Gasteiger partial charge in [-0.2, -0.15) is 10.2 Å². The van der Waals surface area contributed by atoms with Crippen molar-refractivity contribution in [3.05, 3.63) is 99.0 Å². The smallest absolute Gasteiger partial charge is 0.352 e. The largest absolute Gasteiger partial charge is 0.493 e. The number of nitrogens with zero attached hydrogens (tertiary/aromatic N) is 5. The molecule has 6 aromatic rings. The van der Waals surface area contributed by atoms with Crippen molar-refractivity contribution in [2.45, 2.75) is 77.0 Å². The van der Waals surface area contributed by atoms with Crippen molar-refractivity contribution in [2.24, 2.45) is 13.0 Å². The van der Waals surface area contributed by atoms with Crippen LogP contribution in [0.2, 0.25) is 5.02 Å². The number of carbonyl (C=O) groups is 1. The number of aryl methyl sites for hydroxylation is 7. The molecule has 0 spiro atoms. The molecule has 3 aromatic carbocycles. The second-order valence-corrected chi connectivity index (χ2v) is 16.0. The van der Waals surface area contributed by atoms with Crippen LogP contribution in [-0.4, -0.2) is 55.0 Å². The van der Waals surface area contributed by atoms with E-state index in [1.165, 1.54) is 6.07 Å². The molecule has 54 heavy (non-hydrogen) atoms. The number of carboxylic acids is 1. The minimum Gasteiger partial charge on any atom is -0.493 e. The molecule has 2 aliphatic heterocycles. The van der Waals surface area contributed by atoms with E-state index in [4.69, 9.17) is 31.3 Å². The molecule has 3 aromatic heterocycles. The summed E-state index contributed by atoms with van der Waals surface area (Å²) in [6.45, 7) is 7.07. The zero-order valence-electron chi connectivity index (χ0n) is 31.0. The van der Waals surface area contributed by atoms with Crippen molar-refractivity contribution < 1.29 is 23.8 Å². The summed E-state index contributed by atoms with van der Waals surface area (Å²) in [5.41, 5.74) is 8.66. The van der Waals surface area contributed by atoms with Crippen LogP contribution in [0.3, 0.4) is 0 Å². The highest BCUT2D eigenvalue weighted by Crippen LogP contribution is 2.43. The molecule has 5 heterocycles. The van der Waals surface area contributed by atoms with Crippen molar-refractivity contribution in [2.75, 3.05) is 19.8 Å². The number of thioether (sulfide) groups is 1. The van der Waals surface area contributed by atoms with Crippen LogP contribution in [0.15, 0.2) is 48.5 Å². The monoisotopic (exact) mass is 769 g/mol. The first-order valence-electron chi connectivity index (χ1n) is 18.8. The second kappa shape index (κ2) is 15.4. The van der Waals surface area contributed by atoms with Gasteiger partial charge in [-0.1, -0.05) is 17.7 Å². The van der Waals surface area contributed by atoms with Gasteiger partial charge in [-0.25, -0.2) is 9.18 Å². The van der Waals surface area contributed by atoms with Crippen molar-refractivity contribution >= 4 is 51.0 Å². The predicted molar refractivity (Wildman–Crippen MR) is 212 cm³/mol. The molecule has 0 atom stereocenters. The lowest BCUT2D eigenvalue weighted by Gasteiger charge is -2.22. The Hall–Kier alpha value is -4.32. The molecule has 8 rings (SSSR count). The van der Waals surface area contributed by atoms with E-state index in [0.717, 1.165) is 113 Å². The first-order chi connectivity index (χ1) is 26.2. The molecular weight excluding hydrogens is 725 g/mol. The Morgan fingerprint density at radius 3 is 2.67 bits per heavy atom. The summed E-state index contributed by atoms with van der Waals surface area (Å²) in [4.78, 5) is 12.9. The number of carboxylic acid groups (broad SMARTS) is 1. The van der Waals surface area contributed by atoms with E-state index < -0.39 is 5.97 Å². The molecule has 2 aliphatic rings. The topological polar surface area (TPSA) is 96.3 Å². The predicted octanol–water partition coefficient (Wildman–Crippen LogP) is 9.32. The molecule has 1 N–H and O–H groups in total. The van der Waals surface area contributed by atoms with Crippen LogP contribution >= 0.6 is 23.4 Å². The molecule has 0 amide bonds. The van der Waals surface area contributed by atoms with Crippen LogP contribution in [0, 0.1) is 25.6 Å². The molecule has 0 unspecified atom stereocenters. The zero-order valence-corrected chi connectivity index (χ0v) is 32.5. The van der Waals surface area contributed by atoms with Crippen LogP contribution in [0.25, 0.3) is 32.8 Å². The number of ether oxygens (including phenoxy) is 2. The minimum absolute atomic E-state index is 0.241. The standard InChI is InChI=1S/C42H45ClFN5O4S/c1-25-38-35-10-9-34(43)40(38)39-26(2)45-49(15-11-27-12-17-52-18-13-27)36(39)24-54-23-31-22-32(47(3)46-31)7-5-28-19-29-21-30(44)6-8-33(29)37(20-28)53-16-4-14-48(35)41(25)42(50)51/h6,8-10,19-22,27H,4-5,7,11-18,23-24H2,1-3H3,(H,50,51). The fourth-order valence-electron chi connectivity index (χ4n) is 8.42.